The lowest BCUT2D eigenvalue weighted by atomic mass is 10.1. The summed E-state index contributed by atoms with van der Waals surface area (Å²) in [5.74, 6) is 1.28. The molecule has 6 heteroatoms. The summed E-state index contributed by atoms with van der Waals surface area (Å²) in [6.07, 6.45) is 2.42. The van der Waals surface area contributed by atoms with Crippen molar-refractivity contribution >= 4 is 11.8 Å². The highest BCUT2D eigenvalue weighted by molar-refractivity contribution is 5.97. The van der Waals surface area contributed by atoms with Crippen molar-refractivity contribution < 1.29 is 9.59 Å². The van der Waals surface area contributed by atoms with Crippen LogP contribution in [0.15, 0.2) is 0 Å². The van der Waals surface area contributed by atoms with Crippen LogP contribution in [0.3, 0.4) is 0 Å². The highest BCUT2D eigenvalue weighted by Gasteiger charge is 2.43. The van der Waals surface area contributed by atoms with Gasteiger partial charge in [-0.2, -0.15) is 0 Å². The van der Waals surface area contributed by atoms with Gasteiger partial charge in [0.2, 0.25) is 11.8 Å². The molecular formula is C17H28N4O2. The van der Waals surface area contributed by atoms with Crippen molar-refractivity contribution in [2.45, 2.75) is 31.3 Å². The number of nitrogens with zero attached hydrogens (tertiary/aromatic N) is 4. The zero-order valence-electron chi connectivity index (χ0n) is 14.3. The highest BCUT2D eigenvalue weighted by atomic mass is 16.2. The number of hydrogen-bond donors (Lipinski definition) is 0. The first kappa shape index (κ1) is 15.4. The molecule has 0 unspecified atom stereocenters. The van der Waals surface area contributed by atoms with Crippen LogP contribution in [0.4, 0.5) is 0 Å². The molecule has 4 aliphatic rings. The Kier molecular flexibility index (Phi) is 3.84. The van der Waals surface area contributed by atoms with Crippen molar-refractivity contribution in [2.75, 3.05) is 53.4 Å². The first-order valence-corrected chi connectivity index (χ1v) is 8.99. The predicted molar refractivity (Wildman–Crippen MR) is 86.8 cm³/mol. The van der Waals surface area contributed by atoms with E-state index in [1.165, 1.54) is 12.8 Å². The van der Waals surface area contributed by atoms with E-state index < -0.39 is 0 Å². The number of amides is 2. The van der Waals surface area contributed by atoms with Crippen molar-refractivity contribution in [3.63, 3.8) is 0 Å². The van der Waals surface area contributed by atoms with Crippen molar-refractivity contribution in [1.82, 2.24) is 19.6 Å². The van der Waals surface area contributed by atoms with Gasteiger partial charge in [-0.25, -0.2) is 0 Å². The Morgan fingerprint density at radius 1 is 0.783 bits per heavy atom. The number of carbonyl (C=O) groups is 2. The molecule has 0 aromatic rings. The third kappa shape index (κ3) is 2.66. The van der Waals surface area contributed by atoms with E-state index in [4.69, 9.17) is 0 Å². The molecular weight excluding hydrogens is 292 g/mol. The molecule has 0 N–H and O–H groups in total. The molecule has 128 valence electrons. The second-order valence-electron chi connectivity index (χ2n) is 7.97. The molecule has 4 rings (SSSR count). The summed E-state index contributed by atoms with van der Waals surface area (Å²) in [6.45, 7) is 5.58. The fourth-order valence-corrected chi connectivity index (χ4v) is 5.11. The molecule has 0 radical (unpaired) electrons. The van der Waals surface area contributed by atoms with Crippen LogP contribution in [-0.4, -0.2) is 96.9 Å². The summed E-state index contributed by atoms with van der Waals surface area (Å²) >= 11 is 0. The Balaban J connectivity index is 1.30. The van der Waals surface area contributed by atoms with E-state index in [1.807, 2.05) is 9.80 Å². The van der Waals surface area contributed by atoms with Gasteiger partial charge < -0.3 is 19.6 Å². The minimum atomic E-state index is 0.0308. The van der Waals surface area contributed by atoms with Crippen molar-refractivity contribution in [1.29, 1.82) is 0 Å². The molecule has 0 aromatic carbocycles. The van der Waals surface area contributed by atoms with E-state index in [2.05, 4.69) is 23.9 Å². The Hall–Kier alpha value is -1.14. The van der Waals surface area contributed by atoms with Crippen LogP contribution in [0.2, 0.25) is 0 Å². The van der Waals surface area contributed by atoms with Crippen LogP contribution >= 0.6 is 0 Å². The Morgan fingerprint density at radius 3 is 1.61 bits per heavy atom. The van der Waals surface area contributed by atoms with E-state index in [1.54, 1.807) is 0 Å². The lowest BCUT2D eigenvalue weighted by Crippen LogP contribution is -2.39. The molecule has 23 heavy (non-hydrogen) atoms. The van der Waals surface area contributed by atoms with Crippen LogP contribution in [0.5, 0.6) is 0 Å². The minimum Gasteiger partial charge on any atom is -0.340 e. The normalized spacial score (nSPS) is 37.5. The van der Waals surface area contributed by atoms with E-state index in [0.29, 0.717) is 23.9 Å². The van der Waals surface area contributed by atoms with Gasteiger partial charge in [-0.1, -0.05) is 0 Å². The van der Waals surface area contributed by atoms with Gasteiger partial charge in [0.15, 0.2) is 0 Å². The Morgan fingerprint density at radius 2 is 1.22 bits per heavy atom. The van der Waals surface area contributed by atoms with Gasteiger partial charge >= 0.3 is 0 Å². The summed E-state index contributed by atoms with van der Waals surface area (Å²) in [4.78, 5) is 33.6. The molecule has 2 amide bonds. The van der Waals surface area contributed by atoms with Crippen LogP contribution < -0.4 is 0 Å². The zero-order chi connectivity index (χ0) is 16.1. The quantitative estimate of drug-likeness (QED) is 0.656. The summed E-state index contributed by atoms with van der Waals surface area (Å²) in [5, 5.41) is 0. The molecule has 0 bridgehead atoms. The number of likely N-dealkylation sites (N-methyl/N-ethyl adjacent to an activating group) is 2. The molecule has 0 saturated carbocycles. The molecule has 0 aliphatic carbocycles. The average Bonchev–Trinajstić information content (AvgIpc) is 3.23. The number of hydrogen-bond acceptors (Lipinski definition) is 4. The van der Waals surface area contributed by atoms with Crippen LogP contribution in [0.25, 0.3) is 0 Å². The second-order valence-corrected chi connectivity index (χ2v) is 7.97. The molecule has 0 spiro atoms. The maximum atomic E-state index is 12.5. The number of carbonyl (C=O) groups excluding carboxylic acids is 2. The third-order valence-electron chi connectivity index (χ3n) is 6.66. The van der Waals surface area contributed by atoms with E-state index in [9.17, 15) is 9.59 Å². The second kappa shape index (κ2) is 5.74. The van der Waals surface area contributed by atoms with Gasteiger partial charge in [0.25, 0.3) is 0 Å². The number of rotatable bonds is 2. The lowest BCUT2D eigenvalue weighted by molar-refractivity contribution is -0.139. The molecule has 4 saturated heterocycles. The molecule has 4 atom stereocenters. The maximum Gasteiger partial charge on any atom is 0.232 e. The molecule has 4 heterocycles. The fourth-order valence-electron chi connectivity index (χ4n) is 5.11. The van der Waals surface area contributed by atoms with Crippen molar-refractivity contribution in [2.24, 2.45) is 11.8 Å². The molecule has 4 aliphatic heterocycles. The molecule has 0 aromatic heterocycles. The SMILES string of the molecule is CN1CC[C@H]2CN(C(=O)CC(=O)N3C[C@H]4CCN(C)[C@H]4C3)C[C@H]21. The van der Waals surface area contributed by atoms with Crippen LogP contribution in [0.1, 0.15) is 19.3 Å². The van der Waals surface area contributed by atoms with E-state index >= 15 is 0 Å². The molecule has 6 nitrogen and oxygen atoms in total. The number of likely N-dealkylation sites (tertiary alicyclic amines) is 4. The van der Waals surface area contributed by atoms with E-state index in [-0.39, 0.29) is 18.2 Å². The Bertz CT molecular complexity index is 467. The predicted octanol–water partition coefficient (Wildman–Crippen LogP) is -0.298. The largest absolute Gasteiger partial charge is 0.340 e. The van der Waals surface area contributed by atoms with Gasteiger partial charge in [0.1, 0.15) is 6.42 Å². The fraction of sp³-hybridized carbons (Fsp3) is 0.882. The third-order valence-corrected chi connectivity index (χ3v) is 6.66. The van der Waals surface area contributed by atoms with Crippen molar-refractivity contribution in [3.8, 4) is 0 Å². The van der Waals surface area contributed by atoms with Gasteiger partial charge in [-0.3, -0.25) is 9.59 Å². The first-order chi connectivity index (χ1) is 11.0. The highest BCUT2D eigenvalue weighted by Crippen LogP contribution is 2.32. The minimum absolute atomic E-state index is 0.0308. The maximum absolute atomic E-state index is 12.5. The van der Waals surface area contributed by atoms with Gasteiger partial charge in [0.05, 0.1) is 0 Å². The standard InChI is InChI=1S/C17H28N4O2/c1-18-5-3-12-8-20(10-14(12)18)16(22)7-17(23)21-9-13-4-6-19(2)15(13)11-21/h12-15H,3-11H2,1-2H3/t12-,13+,14+,15-. The van der Waals surface area contributed by atoms with Crippen molar-refractivity contribution in [3.05, 3.63) is 0 Å². The Labute approximate surface area is 138 Å². The van der Waals surface area contributed by atoms with Crippen LogP contribution in [-0.2, 0) is 9.59 Å². The molecule has 4 fully saturated rings. The summed E-state index contributed by atoms with van der Waals surface area (Å²) in [7, 11) is 4.28. The first-order valence-electron chi connectivity index (χ1n) is 8.99. The summed E-state index contributed by atoms with van der Waals surface area (Å²) in [5.41, 5.74) is 0. The topological polar surface area (TPSA) is 47.1 Å². The summed E-state index contributed by atoms with van der Waals surface area (Å²) < 4.78 is 0. The smallest absolute Gasteiger partial charge is 0.232 e. The summed E-state index contributed by atoms with van der Waals surface area (Å²) in [6, 6.07) is 1.02. The van der Waals surface area contributed by atoms with Crippen LogP contribution in [0, 0.1) is 11.8 Å². The van der Waals surface area contributed by atoms with Gasteiger partial charge in [0, 0.05) is 38.3 Å². The monoisotopic (exact) mass is 320 g/mol. The number of fused-ring (bicyclic) bond motifs is 2. The van der Waals surface area contributed by atoms with E-state index in [0.717, 1.165) is 39.3 Å². The average molecular weight is 320 g/mol. The van der Waals surface area contributed by atoms with Gasteiger partial charge in [-0.15, -0.1) is 0 Å². The van der Waals surface area contributed by atoms with Gasteiger partial charge in [-0.05, 0) is 51.9 Å². The lowest BCUT2D eigenvalue weighted by Gasteiger charge is -2.23. The zero-order valence-corrected chi connectivity index (χ0v) is 14.3.